The zero-order chi connectivity index (χ0) is 19.8. The van der Waals surface area contributed by atoms with Crippen LogP contribution in [0.15, 0.2) is 54.6 Å². The van der Waals surface area contributed by atoms with E-state index in [1.54, 1.807) is 6.08 Å². The maximum Gasteiger partial charge on any atom is 0.328 e. The number of carboxylic acid groups (broad SMARTS) is 1. The number of hydrogen-bond acceptors (Lipinski definition) is 1. The zero-order valence-electron chi connectivity index (χ0n) is 16.9. The Morgan fingerprint density at radius 2 is 1.54 bits per heavy atom. The fraction of sp³-hybridized carbons (Fsp3) is 0.423. The van der Waals surface area contributed by atoms with Crippen molar-refractivity contribution in [3.8, 4) is 11.1 Å². The molecule has 0 unspecified atom stereocenters. The van der Waals surface area contributed by atoms with Crippen LogP contribution in [-0.2, 0) is 4.79 Å². The lowest BCUT2D eigenvalue weighted by Crippen LogP contribution is -2.13. The molecule has 1 saturated carbocycles. The normalized spacial score (nSPS) is 19.8. The number of unbranched alkanes of at least 4 members (excludes halogenated alkanes) is 2. The van der Waals surface area contributed by atoms with Gasteiger partial charge in [0.15, 0.2) is 0 Å². The van der Waals surface area contributed by atoms with Crippen molar-refractivity contribution in [2.24, 2.45) is 5.92 Å². The molecule has 1 fully saturated rings. The predicted molar refractivity (Wildman–Crippen MR) is 117 cm³/mol. The first-order chi connectivity index (χ1) is 13.7. The second kappa shape index (κ2) is 10.3. The number of benzene rings is 2. The molecule has 148 valence electrons. The molecule has 0 radical (unpaired) electrons. The molecule has 0 atom stereocenters. The predicted octanol–water partition coefficient (Wildman–Crippen LogP) is 7.31. The summed E-state index contributed by atoms with van der Waals surface area (Å²) in [6, 6.07) is 17.1. The molecular weight excluding hydrogens is 344 g/mol. The van der Waals surface area contributed by atoms with Gasteiger partial charge in [-0.2, -0.15) is 0 Å². The molecule has 0 spiro atoms. The fourth-order valence-electron chi connectivity index (χ4n) is 4.37. The molecule has 2 aromatic rings. The summed E-state index contributed by atoms with van der Waals surface area (Å²) in [5.41, 5.74) is 4.76. The highest BCUT2D eigenvalue weighted by molar-refractivity contribution is 5.85. The molecule has 28 heavy (non-hydrogen) atoms. The zero-order valence-corrected chi connectivity index (χ0v) is 16.9. The van der Waals surface area contributed by atoms with Crippen LogP contribution in [0.1, 0.15) is 75.3 Å². The lowest BCUT2D eigenvalue weighted by molar-refractivity contribution is -0.131. The van der Waals surface area contributed by atoms with Crippen molar-refractivity contribution in [1.82, 2.24) is 0 Å². The van der Waals surface area contributed by atoms with Crippen LogP contribution in [0, 0.1) is 5.92 Å². The van der Waals surface area contributed by atoms with Gasteiger partial charge in [-0.3, -0.25) is 0 Å². The Bertz CT molecular complexity index is 763. The number of rotatable bonds is 8. The number of aliphatic carboxylic acids is 1. The quantitative estimate of drug-likeness (QED) is 0.387. The molecule has 0 amide bonds. The third kappa shape index (κ3) is 5.82. The average molecular weight is 377 g/mol. The highest BCUT2D eigenvalue weighted by atomic mass is 16.4. The van der Waals surface area contributed by atoms with Gasteiger partial charge in [0.2, 0.25) is 0 Å². The second-order valence-corrected chi connectivity index (χ2v) is 8.13. The van der Waals surface area contributed by atoms with Crippen LogP contribution in [0.25, 0.3) is 17.2 Å². The van der Waals surface area contributed by atoms with Gasteiger partial charge in [0.05, 0.1) is 0 Å². The van der Waals surface area contributed by atoms with Crippen LogP contribution in [0.2, 0.25) is 0 Å². The van der Waals surface area contributed by atoms with E-state index in [0.29, 0.717) is 0 Å². The summed E-state index contributed by atoms with van der Waals surface area (Å²) in [6.45, 7) is 2.28. The van der Waals surface area contributed by atoms with E-state index >= 15 is 0 Å². The Balaban J connectivity index is 1.56. The molecule has 0 aliphatic heterocycles. The van der Waals surface area contributed by atoms with Crippen molar-refractivity contribution in [3.63, 3.8) is 0 Å². The van der Waals surface area contributed by atoms with Gasteiger partial charge in [0.1, 0.15) is 0 Å². The molecule has 2 nitrogen and oxygen atoms in total. The lowest BCUT2D eigenvalue weighted by Gasteiger charge is -2.29. The van der Waals surface area contributed by atoms with Gasteiger partial charge in [-0.05, 0) is 65.8 Å². The molecule has 1 aliphatic rings. The first kappa shape index (κ1) is 20.4. The second-order valence-electron chi connectivity index (χ2n) is 8.13. The van der Waals surface area contributed by atoms with E-state index in [1.165, 1.54) is 74.1 Å². The third-order valence-electron chi connectivity index (χ3n) is 6.11. The molecule has 2 heteroatoms. The SMILES string of the molecule is CCCCCC1CCC(c2ccc(-c3ccc(C=CC(=O)O)cc3)cc2)CC1. The summed E-state index contributed by atoms with van der Waals surface area (Å²) in [7, 11) is 0. The average Bonchev–Trinajstić information content (AvgIpc) is 2.73. The van der Waals surface area contributed by atoms with E-state index < -0.39 is 5.97 Å². The van der Waals surface area contributed by atoms with E-state index in [2.05, 4.69) is 43.3 Å². The van der Waals surface area contributed by atoms with Gasteiger partial charge < -0.3 is 5.11 Å². The maximum absolute atomic E-state index is 10.6. The molecule has 2 aromatic carbocycles. The lowest BCUT2D eigenvalue weighted by atomic mass is 9.77. The molecule has 0 aromatic heterocycles. The Morgan fingerprint density at radius 3 is 2.11 bits per heavy atom. The van der Waals surface area contributed by atoms with Crippen molar-refractivity contribution in [3.05, 3.63) is 65.7 Å². The number of carbonyl (C=O) groups is 1. The standard InChI is InChI=1S/C26H32O2/c1-2-3-4-5-20-6-11-22(12-7-20)24-15-17-25(18-16-24)23-13-8-21(9-14-23)10-19-26(27)28/h8-10,13-20,22H,2-7,11-12H2,1H3,(H,27,28). The van der Waals surface area contributed by atoms with Gasteiger partial charge in [-0.1, -0.05) is 81.1 Å². The van der Waals surface area contributed by atoms with E-state index in [9.17, 15) is 4.79 Å². The Kier molecular flexibility index (Phi) is 7.47. The van der Waals surface area contributed by atoms with E-state index in [0.717, 1.165) is 17.4 Å². The van der Waals surface area contributed by atoms with Gasteiger partial charge in [-0.15, -0.1) is 0 Å². The van der Waals surface area contributed by atoms with Crippen LogP contribution >= 0.6 is 0 Å². The Morgan fingerprint density at radius 1 is 0.929 bits per heavy atom. The van der Waals surface area contributed by atoms with E-state index in [1.807, 2.05) is 12.1 Å². The summed E-state index contributed by atoms with van der Waals surface area (Å²) >= 11 is 0. The molecular formula is C26H32O2. The van der Waals surface area contributed by atoms with Gasteiger partial charge in [-0.25, -0.2) is 4.79 Å². The monoisotopic (exact) mass is 376 g/mol. The van der Waals surface area contributed by atoms with Crippen LogP contribution in [0.5, 0.6) is 0 Å². The number of hydrogen-bond donors (Lipinski definition) is 1. The number of carboxylic acids is 1. The van der Waals surface area contributed by atoms with Crippen LogP contribution in [0.4, 0.5) is 0 Å². The molecule has 0 heterocycles. The van der Waals surface area contributed by atoms with Crippen LogP contribution in [-0.4, -0.2) is 11.1 Å². The topological polar surface area (TPSA) is 37.3 Å². The van der Waals surface area contributed by atoms with Crippen LogP contribution < -0.4 is 0 Å². The highest BCUT2D eigenvalue weighted by Gasteiger charge is 2.21. The summed E-state index contributed by atoms with van der Waals surface area (Å²) in [5.74, 6) is 0.755. The van der Waals surface area contributed by atoms with E-state index in [4.69, 9.17) is 5.11 Å². The molecule has 1 N–H and O–H groups in total. The van der Waals surface area contributed by atoms with Gasteiger partial charge in [0, 0.05) is 6.08 Å². The van der Waals surface area contributed by atoms with Crippen LogP contribution in [0.3, 0.4) is 0 Å². The van der Waals surface area contributed by atoms with Crippen molar-refractivity contribution in [2.45, 2.75) is 64.2 Å². The maximum atomic E-state index is 10.6. The fourth-order valence-corrected chi connectivity index (χ4v) is 4.37. The minimum Gasteiger partial charge on any atom is -0.478 e. The third-order valence-corrected chi connectivity index (χ3v) is 6.11. The minimum atomic E-state index is -0.922. The molecule has 0 saturated heterocycles. The summed E-state index contributed by atoms with van der Waals surface area (Å²) < 4.78 is 0. The first-order valence-corrected chi connectivity index (χ1v) is 10.8. The van der Waals surface area contributed by atoms with Crippen molar-refractivity contribution >= 4 is 12.0 Å². The van der Waals surface area contributed by atoms with Crippen molar-refractivity contribution in [1.29, 1.82) is 0 Å². The largest absolute Gasteiger partial charge is 0.478 e. The highest BCUT2D eigenvalue weighted by Crippen LogP contribution is 2.38. The van der Waals surface area contributed by atoms with Crippen molar-refractivity contribution < 1.29 is 9.90 Å². The van der Waals surface area contributed by atoms with E-state index in [-0.39, 0.29) is 0 Å². The summed E-state index contributed by atoms with van der Waals surface area (Å²) in [4.78, 5) is 10.6. The first-order valence-electron chi connectivity index (χ1n) is 10.8. The molecule has 1 aliphatic carbocycles. The Hall–Kier alpha value is -2.35. The minimum absolute atomic E-state index is 0.722. The van der Waals surface area contributed by atoms with Gasteiger partial charge >= 0.3 is 5.97 Å². The van der Waals surface area contributed by atoms with Gasteiger partial charge in [0.25, 0.3) is 0 Å². The summed E-state index contributed by atoms with van der Waals surface area (Å²) in [5, 5.41) is 8.72. The smallest absolute Gasteiger partial charge is 0.328 e. The Labute approximate surface area is 169 Å². The molecule has 3 rings (SSSR count). The molecule has 0 bridgehead atoms. The van der Waals surface area contributed by atoms with Crippen molar-refractivity contribution in [2.75, 3.05) is 0 Å². The summed E-state index contributed by atoms with van der Waals surface area (Å²) in [6.07, 6.45) is 13.8.